The average Bonchev–Trinajstić information content (AvgIpc) is 2.63. The highest BCUT2D eigenvalue weighted by molar-refractivity contribution is 5.96. The maximum atomic E-state index is 5.66. The van der Waals surface area contributed by atoms with Crippen LogP contribution in [0.25, 0.3) is 21.8 Å². The molecule has 0 saturated heterocycles. The zero-order valence-corrected chi connectivity index (χ0v) is 6.96. The minimum atomic E-state index is 0.711. The number of benzene rings is 1. The number of H-pyrrole nitrogens is 2. The molecule has 3 aromatic rings. The van der Waals surface area contributed by atoms with Gasteiger partial charge in [0.05, 0.1) is 0 Å². The van der Waals surface area contributed by atoms with Crippen LogP contribution in [0.4, 0.5) is 5.82 Å². The summed E-state index contributed by atoms with van der Waals surface area (Å²) >= 11 is 0. The van der Waals surface area contributed by atoms with Crippen molar-refractivity contribution in [1.82, 2.24) is 9.97 Å². The first-order valence-corrected chi connectivity index (χ1v) is 4.18. The molecule has 0 spiro atoms. The monoisotopic (exact) mass is 171 g/mol. The van der Waals surface area contributed by atoms with Crippen LogP contribution in [0.2, 0.25) is 0 Å². The Balaban J connectivity index is 2.54. The lowest BCUT2D eigenvalue weighted by Gasteiger charge is -1.90. The Morgan fingerprint density at radius 2 is 1.85 bits per heavy atom. The largest absolute Gasteiger partial charge is 0.385 e. The van der Waals surface area contributed by atoms with Crippen molar-refractivity contribution in [2.45, 2.75) is 0 Å². The van der Waals surface area contributed by atoms with E-state index in [4.69, 9.17) is 5.73 Å². The first-order chi connectivity index (χ1) is 6.33. The molecule has 0 unspecified atom stereocenters. The summed E-state index contributed by atoms with van der Waals surface area (Å²) in [6.45, 7) is 0. The van der Waals surface area contributed by atoms with Crippen LogP contribution in [-0.2, 0) is 0 Å². The van der Waals surface area contributed by atoms with E-state index >= 15 is 0 Å². The van der Waals surface area contributed by atoms with Crippen molar-refractivity contribution in [1.29, 1.82) is 0 Å². The number of nitrogens with one attached hydrogen (secondary N) is 2. The number of anilines is 1. The maximum absolute atomic E-state index is 5.66. The Kier molecular flexibility index (Phi) is 1.05. The summed E-state index contributed by atoms with van der Waals surface area (Å²) in [7, 11) is 0. The number of aromatic nitrogens is 2. The predicted octanol–water partition coefficient (Wildman–Crippen LogP) is 2.23. The molecule has 0 aliphatic rings. The van der Waals surface area contributed by atoms with Gasteiger partial charge in [-0.2, -0.15) is 0 Å². The molecular weight excluding hydrogens is 162 g/mol. The molecule has 2 aromatic heterocycles. The number of nitrogen functional groups attached to an aromatic ring is 1. The molecular formula is C10H9N3. The number of hydrogen-bond acceptors (Lipinski definition) is 1. The van der Waals surface area contributed by atoms with E-state index in [2.05, 4.69) is 22.1 Å². The maximum Gasteiger partial charge on any atom is 0.101 e. The fraction of sp³-hybridized carbons (Fsp3) is 0. The Bertz CT molecular complexity index is 526. The molecule has 0 radical (unpaired) electrons. The van der Waals surface area contributed by atoms with Gasteiger partial charge in [-0.3, -0.25) is 0 Å². The number of hydrogen-bond donors (Lipinski definition) is 3. The van der Waals surface area contributed by atoms with Crippen LogP contribution in [0, 0.1) is 0 Å². The Hall–Kier alpha value is -1.90. The molecule has 0 aliphatic heterocycles. The highest BCUT2D eigenvalue weighted by Gasteiger charge is 2.00. The van der Waals surface area contributed by atoms with E-state index in [0.717, 1.165) is 16.4 Å². The molecule has 1 aromatic carbocycles. The van der Waals surface area contributed by atoms with Gasteiger partial charge < -0.3 is 15.7 Å². The lowest BCUT2D eigenvalue weighted by Crippen LogP contribution is -1.80. The molecule has 0 amide bonds. The molecule has 4 N–H and O–H groups in total. The summed E-state index contributed by atoms with van der Waals surface area (Å²) in [5, 5.41) is 2.35. The van der Waals surface area contributed by atoms with Gasteiger partial charge in [0.1, 0.15) is 5.82 Å². The van der Waals surface area contributed by atoms with Gasteiger partial charge in [-0.1, -0.05) is 0 Å². The molecule has 3 rings (SSSR count). The fourth-order valence-corrected chi connectivity index (χ4v) is 1.70. The van der Waals surface area contributed by atoms with Crippen LogP contribution in [0.5, 0.6) is 0 Å². The summed E-state index contributed by atoms with van der Waals surface area (Å²) in [6.07, 6.45) is 1.94. The third kappa shape index (κ3) is 0.839. The summed E-state index contributed by atoms with van der Waals surface area (Å²) in [5.41, 5.74) is 7.89. The van der Waals surface area contributed by atoms with E-state index in [1.807, 2.05) is 18.3 Å². The number of fused-ring (bicyclic) bond motifs is 2. The van der Waals surface area contributed by atoms with Crippen LogP contribution in [0.1, 0.15) is 0 Å². The molecule has 0 bridgehead atoms. The molecule has 0 fully saturated rings. The average molecular weight is 171 g/mol. The van der Waals surface area contributed by atoms with Gasteiger partial charge in [-0.25, -0.2) is 0 Å². The SMILES string of the molecule is Nc1cc2cc3[nH]ccc3cc2[nH]1. The van der Waals surface area contributed by atoms with Crippen LogP contribution < -0.4 is 5.73 Å². The quantitative estimate of drug-likeness (QED) is 0.477. The van der Waals surface area contributed by atoms with Gasteiger partial charge in [0.15, 0.2) is 0 Å². The minimum absolute atomic E-state index is 0.711. The summed E-state index contributed by atoms with van der Waals surface area (Å²) < 4.78 is 0. The predicted molar refractivity (Wildman–Crippen MR) is 54.6 cm³/mol. The number of nitrogens with two attached hydrogens (primary N) is 1. The Morgan fingerprint density at radius 1 is 1.00 bits per heavy atom. The molecule has 64 valence electrons. The number of aromatic amines is 2. The van der Waals surface area contributed by atoms with Gasteiger partial charge in [0.25, 0.3) is 0 Å². The van der Waals surface area contributed by atoms with Gasteiger partial charge in [-0.15, -0.1) is 0 Å². The van der Waals surface area contributed by atoms with Crippen LogP contribution >= 0.6 is 0 Å². The lowest BCUT2D eigenvalue weighted by atomic mass is 10.2. The topological polar surface area (TPSA) is 57.6 Å². The Labute approximate surface area is 74.6 Å². The van der Waals surface area contributed by atoms with E-state index in [1.54, 1.807) is 0 Å². The van der Waals surface area contributed by atoms with E-state index in [-0.39, 0.29) is 0 Å². The molecule has 2 heterocycles. The molecule has 3 heteroatoms. The van der Waals surface area contributed by atoms with Crippen molar-refractivity contribution in [2.75, 3.05) is 5.73 Å². The van der Waals surface area contributed by atoms with Crippen molar-refractivity contribution in [3.05, 3.63) is 30.5 Å². The van der Waals surface area contributed by atoms with Crippen LogP contribution in [-0.4, -0.2) is 9.97 Å². The number of rotatable bonds is 0. The lowest BCUT2D eigenvalue weighted by molar-refractivity contribution is 1.47. The van der Waals surface area contributed by atoms with E-state index in [9.17, 15) is 0 Å². The Morgan fingerprint density at radius 3 is 2.77 bits per heavy atom. The van der Waals surface area contributed by atoms with E-state index < -0.39 is 0 Å². The standard InChI is InChI=1S/C10H9N3/c11-10-5-7-4-8-6(1-2-12-8)3-9(7)13-10/h1-5,12-13H,11H2. The summed E-state index contributed by atoms with van der Waals surface area (Å²) in [5.74, 6) is 0.711. The second-order valence-electron chi connectivity index (χ2n) is 3.23. The second-order valence-corrected chi connectivity index (χ2v) is 3.23. The third-order valence-electron chi connectivity index (χ3n) is 2.31. The van der Waals surface area contributed by atoms with E-state index in [1.165, 1.54) is 5.39 Å². The summed E-state index contributed by atoms with van der Waals surface area (Å²) in [4.78, 5) is 6.27. The molecule has 0 aliphatic carbocycles. The van der Waals surface area contributed by atoms with Crippen molar-refractivity contribution in [3.8, 4) is 0 Å². The zero-order valence-electron chi connectivity index (χ0n) is 6.96. The first-order valence-electron chi connectivity index (χ1n) is 4.18. The van der Waals surface area contributed by atoms with Crippen molar-refractivity contribution < 1.29 is 0 Å². The normalized spacial score (nSPS) is 11.4. The second kappa shape index (κ2) is 2.07. The molecule has 3 nitrogen and oxygen atoms in total. The van der Waals surface area contributed by atoms with Gasteiger partial charge in [0, 0.05) is 28.0 Å². The molecule has 0 saturated carbocycles. The smallest absolute Gasteiger partial charge is 0.101 e. The van der Waals surface area contributed by atoms with Crippen LogP contribution in [0.15, 0.2) is 30.5 Å². The van der Waals surface area contributed by atoms with Crippen LogP contribution in [0.3, 0.4) is 0 Å². The molecule has 0 atom stereocenters. The minimum Gasteiger partial charge on any atom is -0.385 e. The van der Waals surface area contributed by atoms with Gasteiger partial charge >= 0.3 is 0 Å². The first kappa shape index (κ1) is 6.60. The molecule has 13 heavy (non-hydrogen) atoms. The third-order valence-corrected chi connectivity index (χ3v) is 2.31. The highest BCUT2D eigenvalue weighted by Crippen LogP contribution is 2.22. The van der Waals surface area contributed by atoms with Crippen molar-refractivity contribution >= 4 is 27.6 Å². The van der Waals surface area contributed by atoms with Crippen molar-refractivity contribution in [2.24, 2.45) is 0 Å². The fourth-order valence-electron chi connectivity index (χ4n) is 1.70. The van der Waals surface area contributed by atoms with Gasteiger partial charge in [0.2, 0.25) is 0 Å². The zero-order chi connectivity index (χ0) is 8.84. The summed E-state index contributed by atoms with van der Waals surface area (Å²) in [6, 6.07) is 8.18. The van der Waals surface area contributed by atoms with Gasteiger partial charge in [-0.05, 0) is 24.3 Å². The van der Waals surface area contributed by atoms with E-state index in [0.29, 0.717) is 5.82 Å². The highest BCUT2D eigenvalue weighted by atomic mass is 14.8. The van der Waals surface area contributed by atoms with Crippen molar-refractivity contribution in [3.63, 3.8) is 0 Å².